The highest BCUT2D eigenvalue weighted by molar-refractivity contribution is 14.0. The van der Waals surface area contributed by atoms with Crippen LogP contribution in [0.5, 0.6) is 0 Å². The van der Waals surface area contributed by atoms with Crippen molar-refractivity contribution in [3.63, 3.8) is 0 Å². The fraction of sp³-hybridized carbons (Fsp3) is 0.231. The number of benzene rings is 2. The zero-order chi connectivity index (χ0) is 19.6. The maximum absolute atomic E-state index is 3.83. The summed E-state index contributed by atoms with van der Waals surface area (Å²) >= 11 is 0. The topological polar surface area (TPSA) is 0 Å². The highest BCUT2D eigenvalue weighted by Crippen LogP contribution is 2.23. The summed E-state index contributed by atoms with van der Waals surface area (Å²) in [6.07, 6.45) is 8.95. The quantitative estimate of drug-likeness (QED) is 0.219. The number of hydrogen-bond donors (Lipinski definition) is 0. The standard InChI is InChI=1S/C13H16.C9H10.C4H8.2HI/c1-3-8-12(9-4-2)13-10-6-5-7-11-13;1-8(2)9-6-4-3-5-7-9;1-3-4-2;;/h3-7,10-12H,1-2,8-9H2;3-7H,1H2,2H3;3H,1,4H2,2H3;2*1H. The predicted molar refractivity (Wildman–Crippen MR) is 151 cm³/mol. The fourth-order valence-corrected chi connectivity index (χ4v) is 2.22. The Morgan fingerprint density at radius 2 is 1.18 bits per heavy atom. The van der Waals surface area contributed by atoms with E-state index in [-0.39, 0.29) is 48.0 Å². The van der Waals surface area contributed by atoms with Gasteiger partial charge in [0.1, 0.15) is 0 Å². The van der Waals surface area contributed by atoms with Gasteiger partial charge in [0.2, 0.25) is 0 Å². The molecular weight excluding hydrogens is 566 g/mol. The van der Waals surface area contributed by atoms with Crippen LogP contribution in [0.3, 0.4) is 0 Å². The second-order valence-corrected chi connectivity index (χ2v) is 6.00. The lowest BCUT2D eigenvalue weighted by atomic mass is 9.93. The van der Waals surface area contributed by atoms with Crippen LogP contribution in [0.25, 0.3) is 5.57 Å². The van der Waals surface area contributed by atoms with E-state index in [1.54, 1.807) is 0 Å². The second-order valence-electron chi connectivity index (χ2n) is 6.00. The van der Waals surface area contributed by atoms with Crippen molar-refractivity contribution >= 4 is 53.5 Å². The van der Waals surface area contributed by atoms with Crippen molar-refractivity contribution in [1.29, 1.82) is 0 Å². The molecule has 154 valence electrons. The molecule has 2 rings (SSSR count). The van der Waals surface area contributed by atoms with Gasteiger partial charge in [0.05, 0.1) is 0 Å². The normalized spacial score (nSPS) is 8.39. The van der Waals surface area contributed by atoms with Crippen molar-refractivity contribution in [3.8, 4) is 0 Å². The first kappa shape index (κ1) is 31.6. The first-order valence-electron chi connectivity index (χ1n) is 9.19. The van der Waals surface area contributed by atoms with Gasteiger partial charge in [0.25, 0.3) is 0 Å². The summed E-state index contributed by atoms with van der Waals surface area (Å²) in [5, 5.41) is 0. The maximum atomic E-state index is 3.83. The van der Waals surface area contributed by atoms with E-state index in [0.717, 1.165) is 24.8 Å². The van der Waals surface area contributed by atoms with Gasteiger partial charge in [0, 0.05) is 0 Å². The molecule has 0 N–H and O–H groups in total. The zero-order valence-corrected chi connectivity index (χ0v) is 22.0. The van der Waals surface area contributed by atoms with E-state index >= 15 is 0 Å². The molecule has 2 aromatic rings. The van der Waals surface area contributed by atoms with Crippen molar-refractivity contribution in [2.45, 2.75) is 39.0 Å². The Morgan fingerprint density at radius 3 is 1.46 bits per heavy atom. The molecule has 0 unspecified atom stereocenters. The SMILES string of the molecule is C=C(C)c1ccccc1.C=CCC.C=CCC(CC=C)c1ccccc1.I.I. The molecule has 0 radical (unpaired) electrons. The van der Waals surface area contributed by atoms with Gasteiger partial charge in [-0.15, -0.1) is 67.7 Å². The monoisotopic (exact) mass is 602 g/mol. The summed E-state index contributed by atoms with van der Waals surface area (Å²) in [5.41, 5.74) is 3.72. The lowest BCUT2D eigenvalue weighted by Gasteiger charge is -2.12. The average Bonchev–Trinajstić information content (AvgIpc) is 2.70. The minimum atomic E-state index is 0. The van der Waals surface area contributed by atoms with Gasteiger partial charge in [-0.1, -0.05) is 98.0 Å². The van der Waals surface area contributed by atoms with Crippen LogP contribution in [-0.2, 0) is 0 Å². The third-order valence-corrected chi connectivity index (χ3v) is 3.73. The Balaban J connectivity index is -0.000000366. The zero-order valence-electron chi connectivity index (χ0n) is 17.3. The van der Waals surface area contributed by atoms with Crippen LogP contribution in [0.1, 0.15) is 50.2 Å². The lowest BCUT2D eigenvalue weighted by Crippen LogP contribution is -1.95. The van der Waals surface area contributed by atoms with Crippen LogP contribution in [0.15, 0.2) is 105 Å². The van der Waals surface area contributed by atoms with Crippen molar-refractivity contribution in [1.82, 2.24) is 0 Å². The molecule has 0 aliphatic heterocycles. The molecule has 0 aromatic heterocycles. The van der Waals surface area contributed by atoms with Crippen LogP contribution in [0.2, 0.25) is 0 Å². The second kappa shape index (κ2) is 22.2. The van der Waals surface area contributed by atoms with Crippen molar-refractivity contribution in [3.05, 3.63) is 116 Å². The third-order valence-electron chi connectivity index (χ3n) is 3.73. The van der Waals surface area contributed by atoms with Gasteiger partial charge in [0.15, 0.2) is 0 Å². The summed E-state index contributed by atoms with van der Waals surface area (Å²) < 4.78 is 0. The molecule has 0 amide bonds. The van der Waals surface area contributed by atoms with Crippen LogP contribution in [0, 0.1) is 0 Å². The van der Waals surface area contributed by atoms with E-state index < -0.39 is 0 Å². The van der Waals surface area contributed by atoms with Crippen LogP contribution >= 0.6 is 48.0 Å². The van der Waals surface area contributed by atoms with Crippen LogP contribution in [-0.4, -0.2) is 0 Å². The maximum Gasteiger partial charge on any atom is -0.00930 e. The molecule has 0 fully saturated rings. The summed E-state index contributed by atoms with van der Waals surface area (Å²) in [7, 11) is 0. The molecule has 0 heterocycles. The number of allylic oxidation sites excluding steroid dienone is 4. The van der Waals surface area contributed by atoms with E-state index in [2.05, 4.69) is 69.6 Å². The molecule has 0 atom stereocenters. The van der Waals surface area contributed by atoms with Crippen molar-refractivity contribution in [2.24, 2.45) is 0 Å². The van der Waals surface area contributed by atoms with Gasteiger partial charge >= 0.3 is 0 Å². The van der Waals surface area contributed by atoms with Gasteiger partial charge < -0.3 is 0 Å². The Labute approximate surface area is 207 Å². The Kier molecular flexibility index (Phi) is 25.0. The summed E-state index contributed by atoms with van der Waals surface area (Å²) in [6.45, 7) is 18.9. The van der Waals surface area contributed by atoms with Gasteiger partial charge in [-0.3, -0.25) is 0 Å². The number of hydrogen-bond acceptors (Lipinski definition) is 0. The highest BCUT2D eigenvalue weighted by atomic mass is 127. The summed E-state index contributed by atoms with van der Waals surface area (Å²) in [5.74, 6) is 0.552. The van der Waals surface area contributed by atoms with Crippen molar-refractivity contribution < 1.29 is 0 Å². The lowest BCUT2D eigenvalue weighted by molar-refractivity contribution is 0.714. The Hall–Kier alpha value is -1.14. The highest BCUT2D eigenvalue weighted by Gasteiger charge is 2.06. The minimum Gasteiger partial charge on any atom is -0.107 e. The molecule has 2 heteroatoms. The first-order valence-corrected chi connectivity index (χ1v) is 9.19. The number of rotatable bonds is 7. The molecule has 28 heavy (non-hydrogen) atoms. The van der Waals surface area contributed by atoms with Crippen LogP contribution < -0.4 is 0 Å². The van der Waals surface area contributed by atoms with Gasteiger partial charge in [-0.05, 0) is 43.2 Å². The summed E-state index contributed by atoms with van der Waals surface area (Å²) in [6, 6.07) is 20.7. The molecule has 0 bridgehead atoms. The van der Waals surface area contributed by atoms with Crippen LogP contribution in [0.4, 0.5) is 0 Å². The smallest absolute Gasteiger partial charge is 0.00930 e. The first-order chi connectivity index (χ1) is 12.6. The molecular formula is C26H36I2. The molecule has 0 saturated carbocycles. The van der Waals surface area contributed by atoms with Gasteiger partial charge in [-0.2, -0.15) is 0 Å². The van der Waals surface area contributed by atoms with E-state index in [9.17, 15) is 0 Å². The Morgan fingerprint density at radius 1 is 0.786 bits per heavy atom. The average molecular weight is 602 g/mol. The molecule has 2 aromatic carbocycles. The molecule has 0 aliphatic rings. The molecule has 0 saturated heterocycles. The Bertz CT molecular complexity index is 620. The minimum absolute atomic E-state index is 0. The molecule has 0 nitrogen and oxygen atoms in total. The van der Waals surface area contributed by atoms with E-state index in [4.69, 9.17) is 0 Å². The summed E-state index contributed by atoms with van der Waals surface area (Å²) in [4.78, 5) is 0. The van der Waals surface area contributed by atoms with E-state index in [0.29, 0.717) is 5.92 Å². The van der Waals surface area contributed by atoms with E-state index in [1.807, 2.05) is 49.4 Å². The van der Waals surface area contributed by atoms with Gasteiger partial charge in [-0.25, -0.2) is 0 Å². The molecule has 0 aliphatic carbocycles. The predicted octanol–water partition coefficient (Wildman–Crippen LogP) is 9.46. The largest absolute Gasteiger partial charge is 0.107 e. The third kappa shape index (κ3) is 15.9. The molecule has 0 spiro atoms. The van der Waals surface area contributed by atoms with E-state index in [1.165, 1.54) is 11.1 Å². The fourth-order valence-electron chi connectivity index (χ4n) is 2.22. The van der Waals surface area contributed by atoms with Crippen molar-refractivity contribution in [2.75, 3.05) is 0 Å². The number of halogens is 2.